The van der Waals surface area contributed by atoms with Crippen LogP contribution in [0.3, 0.4) is 0 Å². The summed E-state index contributed by atoms with van der Waals surface area (Å²) in [4.78, 5) is 17.4. The van der Waals surface area contributed by atoms with Gasteiger partial charge in [0.1, 0.15) is 0 Å². The molecule has 1 amide bonds. The lowest BCUT2D eigenvalue weighted by molar-refractivity contribution is 0.0633. The van der Waals surface area contributed by atoms with Crippen LogP contribution in [0.25, 0.3) is 0 Å². The number of halogens is 1. The molecule has 0 atom stereocenters. The van der Waals surface area contributed by atoms with Gasteiger partial charge in [0.15, 0.2) is 0 Å². The van der Waals surface area contributed by atoms with Crippen molar-refractivity contribution in [1.82, 2.24) is 9.80 Å². The second-order valence-electron chi connectivity index (χ2n) is 5.18. The van der Waals surface area contributed by atoms with Crippen molar-refractivity contribution in [3.05, 3.63) is 57.2 Å². The summed E-state index contributed by atoms with van der Waals surface area (Å²) >= 11 is 7.31. The lowest BCUT2D eigenvalue weighted by Crippen LogP contribution is -2.48. The summed E-state index contributed by atoms with van der Waals surface area (Å²) in [6, 6.07) is 12.2. The van der Waals surface area contributed by atoms with E-state index in [9.17, 15) is 4.79 Å². The van der Waals surface area contributed by atoms with E-state index in [-0.39, 0.29) is 5.91 Å². The van der Waals surface area contributed by atoms with E-state index < -0.39 is 0 Å². The van der Waals surface area contributed by atoms with Crippen LogP contribution in [0.4, 0.5) is 0 Å². The molecule has 0 radical (unpaired) electrons. The van der Waals surface area contributed by atoms with Crippen LogP contribution in [-0.4, -0.2) is 41.9 Å². The van der Waals surface area contributed by atoms with Gasteiger partial charge < -0.3 is 4.90 Å². The first-order chi connectivity index (χ1) is 10.2. The van der Waals surface area contributed by atoms with Gasteiger partial charge >= 0.3 is 0 Å². The maximum atomic E-state index is 12.3. The van der Waals surface area contributed by atoms with Crippen molar-refractivity contribution in [3.8, 4) is 0 Å². The molecule has 1 saturated heterocycles. The maximum absolute atomic E-state index is 12.3. The lowest BCUT2D eigenvalue weighted by Gasteiger charge is -2.34. The number of amides is 1. The highest BCUT2D eigenvalue weighted by Gasteiger charge is 2.23. The molecule has 2 heterocycles. The summed E-state index contributed by atoms with van der Waals surface area (Å²) in [7, 11) is 0. The van der Waals surface area contributed by atoms with Crippen molar-refractivity contribution >= 4 is 28.8 Å². The molecule has 0 N–H and O–H groups in total. The molecule has 110 valence electrons. The predicted molar refractivity (Wildman–Crippen MR) is 87.0 cm³/mol. The van der Waals surface area contributed by atoms with Crippen molar-refractivity contribution in [3.63, 3.8) is 0 Å². The minimum absolute atomic E-state index is 0.103. The Labute approximate surface area is 133 Å². The topological polar surface area (TPSA) is 23.6 Å². The maximum Gasteiger partial charge on any atom is 0.264 e. The summed E-state index contributed by atoms with van der Waals surface area (Å²) in [6.45, 7) is 4.34. The molecule has 3 nitrogen and oxygen atoms in total. The van der Waals surface area contributed by atoms with Crippen LogP contribution < -0.4 is 0 Å². The zero-order valence-corrected chi connectivity index (χ0v) is 13.2. The molecule has 1 aromatic heterocycles. The van der Waals surface area contributed by atoms with Crippen LogP contribution >= 0.6 is 22.9 Å². The molecule has 1 aromatic carbocycles. The van der Waals surface area contributed by atoms with Crippen LogP contribution in [0, 0.1) is 0 Å². The summed E-state index contributed by atoms with van der Waals surface area (Å²) in [6.07, 6.45) is 0. The van der Waals surface area contributed by atoms with Crippen LogP contribution in [0.5, 0.6) is 0 Å². The Hall–Kier alpha value is -1.36. The molecule has 1 aliphatic rings. The second-order valence-corrected chi connectivity index (χ2v) is 6.53. The van der Waals surface area contributed by atoms with E-state index in [0.717, 1.165) is 37.6 Å². The van der Waals surface area contributed by atoms with E-state index >= 15 is 0 Å². The Bertz CT molecular complexity index is 606. The average Bonchev–Trinajstić information content (AvgIpc) is 2.95. The van der Waals surface area contributed by atoms with E-state index in [1.165, 1.54) is 16.9 Å². The SMILES string of the molecule is O=C(c1cc(Cl)cs1)N1CCN(Cc2ccccc2)CC1. The number of carbonyl (C=O) groups is 1. The number of benzene rings is 1. The highest BCUT2D eigenvalue weighted by atomic mass is 35.5. The molecule has 5 heteroatoms. The first-order valence-electron chi connectivity index (χ1n) is 7.02. The monoisotopic (exact) mass is 320 g/mol. The zero-order chi connectivity index (χ0) is 14.7. The van der Waals surface area contributed by atoms with Gasteiger partial charge in [-0.3, -0.25) is 9.69 Å². The highest BCUT2D eigenvalue weighted by molar-refractivity contribution is 7.12. The number of hydrogen-bond donors (Lipinski definition) is 0. The number of rotatable bonds is 3. The molecule has 1 fully saturated rings. The van der Waals surface area contributed by atoms with Crippen molar-refractivity contribution < 1.29 is 4.79 Å². The zero-order valence-electron chi connectivity index (χ0n) is 11.7. The molecule has 0 bridgehead atoms. The van der Waals surface area contributed by atoms with E-state index in [4.69, 9.17) is 11.6 Å². The fourth-order valence-corrected chi connectivity index (χ4v) is 3.57. The van der Waals surface area contributed by atoms with Gasteiger partial charge in [0.05, 0.1) is 9.90 Å². The fraction of sp³-hybridized carbons (Fsp3) is 0.312. The number of thiophene rings is 1. The van der Waals surface area contributed by atoms with E-state index in [2.05, 4.69) is 29.2 Å². The second kappa shape index (κ2) is 6.60. The highest BCUT2D eigenvalue weighted by Crippen LogP contribution is 2.21. The molecule has 0 saturated carbocycles. The van der Waals surface area contributed by atoms with Gasteiger partial charge in [0.25, 0.3) is 5.91 Å². The van der Waals surface area contributed by atoms with E-state index in [1.807, 2.05) is 11.0 Å². The third-order valence-electron chi connectivity index (χ3n) is 3.69. The van der Waals surface area contributed by atoms with Gasteiger partial charge in [-0.1, -0.05) is 41.9 Å². The van der Waals surface area contributed by atoms with Gasteiger partial charge in [-0.05, 0) is 11.6 Å². The third-order valence-corrected chi connectivity index (χ3v) is 4.95. The Morgan fingerprint density at radius 3 is 2.48 bits per heavy atom. The Morgan fingerprint density at radius 2 is 1.86 bits per heavy atom. The Balaban J connectivity index is 1.54. The molecular weight excluding hydrogens is 304 g/mol. The van der Waals surface area contributed by atoms with Gasteiger partial charge in [-0.25, -0.2) is 0 Å². The Kier molecular flexibility index (Phi) is 4.58. The lowest BCUT2D eigenvalue weighted by atomic mass is 10.2. The minimum atomic E-state index is 0.103. The van der Waals surface area contributed by atoms with Gasteiger partial charge in [-0.15, -0.1) is 11.3 Å². The molecule has 21 heavy (non-hydrogen) atoms. The van der Waals surface area contributed by atoms with Gasteiger partial charge in [0.2, 0.25) is 0 Å². The quantitative estimate of drug-likeness (QED) is 0.865. The largest absolute Gasteiger partial charge is 0.335 e. The molecule has 0 unspecified atom stereocenters. The van der Waals surface area contributed by atoms with Crippen molar-refractivity contribution in [2.75, 3.05) is 26.2 Å². The van der Waals surface area contributed by atoms with Crippen molar-refractivity contribution in [2.45, 2.75) is 6.54 Å². The normalized spacial score (nSPS) is 16.1. The Morgan fingerprint density at radius 1 is 1.14 bits per heavy atom. The smallest absolute Gasteiger partial charge is 0.264 e. The molecule has 2 aromatic rings. The van der Waals surface area contributed by atoms with Crippen LogP contribution in [0.2, 0.25) is 5.02 Å². The minimum Gasteiger partial charge on any atom is -0.335 e. The average molecular weight is 321 g/mol. The van der Waals surface area contributed by atoms with Crippen LogP contribution in [0.15, 0.2) is 41.8 Å². The van der Waals surface area contributed by atoms with Crippen molar-refractivity contribution in [2.24, 2.45) is 0 Å². The predicted octanol–water partition coefficient (Wildman–Crippen LogP) is 3.36. The molecular formula is C16H17ClN2OS. The number of nitrogens with zero attached hydrogens (tertiary/aromatic N) is 2. The third kappa shape index (κ3) is 3.64. The number of piperazine rings is 1. The molecule has 3 rings (SSSR count). The van der Waals surface area contributed by atoms with Crippen LogP contribution in [0.1, 0.15) is 15.2 Å². The first kappa shape index (κ1) is 14.6. The molecule has 1 aliphatic heterocycles. The summed E-state index contributed by atoms with van der Waals surface area (Å²) in [5, 5.41) is 2.45. The number of carbonyl (C=O) groups excluding carboxylic acids is 1. The summed E-state index contributed by atoms with van der Waals surface area (Å²) in [5.74, 6) is 0.103. The van der Waals surface area contributed by atoms with Crippen molar-refractivity contribution in [1.29, 1.82) is 0 Å². The number of hydrogen-bond acceptors (Lipinski definition) is 3. The summed E-state index contributed by atoms with van der Waals surface area (Å²) < 4.78 is 0. The first-order valence-corrected chi connectivity index (χ1v) is 8.28. The standard InChI is InChI=1S/C16H17ClN2OS/c17-14-10-15(21-12-14)16(20)19-8-6-18(7-9-19)11-13-4-2-1-3-5-13/h1-5,10,12H,6-9,11H2. The van der Waals surface area contributed by atoms with Gasteiger partial charge in [0, 0.05) is 38.1 Å². The van der Waals surface area contributed by atoms with Crippen LogP contribution in [-0.2, 0) is 6.54 Å². The molecule has 0 spiro atoms. The van der Waals surface area contributed by atoms with E-state index in [0.29, 0.717) is 5.02 Å². The molecule has 0 aliphatic carbocycles. The summed E-state index contributed by atoms with van der Waals surface area (Å²) in [5.41, 5.74) is 1.32. The fourth-order valence-electron chi connectivity index (χ4n) is 2.53. The van der Waals surface area contributed by atoms with Gasteiger partial charge in [-0.2, -0.15) is 0 Å². The van der Waals surface area contributed by atoms with E-state index in [1.54, 1.807) is 11.4 Å².